The van der Waals surface area contributed by atoms with Gasteiger partial charge in [0.2, 0.25) is 0 Å². The average molecular weight is 376 g/mol. The number of primary amides is 1. The molecule has 2 amide bonds. The van der Waals surface area contributed by atoms with Gasteiger partial charge in [0.1, 0.15) is 0 Å². The lowest BCUT2D eigenvalue weighted by Gasteiger charge is -2.61. The fourth-order valence-electron chi connectivity index (χ4n) is 7.99. The number of hydrazone groups is 1. The molecule has 4 saturated carbocycles. The minimum atomic E-state index is -0.573. The van der Waals surface area contributed by atoms with Crippen LogP contribution in [0.4, 0.5) is 4.79 Å². The highest BCUT2D eigenvalue weighted by atomic mass is 16.3. The molecule has 4 fully saturated rings. The van der Waals surface area contributed by atoms with Crippen LogP contribution in [0.15, 0.2) is 5.10 Å². The Morgan fingerprint density at radius 1 is 1.19 bits per heavy atom. The number of nitrogens with one attached hydrogen (secondary N) is 1. The molecular weight excluding hydrogens is 338 g/mol. The van der Waals surface area contributed by atoms with Crippen molar-refractivity contribution in [1.29, 1.82) is 0 Å². The summed E-state index contributed by atoms with van der Waals surface area (Å²) in [4.78, 5) is 11.0. The standard InChI is InChI=1S/C22H37N3O2/c1-4-22(27)12-9-18-16-6-5-14-13-15(24-25-19(23)26)7-10-20(14,2)17(16)8-11-21(18,22)3/h14,16-18,27H,4-13H2,1-3H3,(H3,23,25,26)/b24-15+/t14-,16-,17-,18-,20-,21-,22-/m0/s1. The lowest BCUT2D eigenvalue weighted by atomic mass is 9.44. The summed E-state index contributed by atoms with van der Waals surface area (Å²) >= 11 is 0. The van der Waals surface area contributed by atoms with E-state index >= 15 is 0 Å². The van der Waals surface area contributed by atoms with Crippen LogP contribution in [0.3, 0.4) is 0 Å². The molecule has 4 aliphatic carbocycles. The average Bonchev–Trinajstić information content (AvgIpc) is 2.91. The Hall–Kier alpha value is -1.10. The van der Waals surface area contributed by atoms with Gasteiger partial charge in [-0.05, 0) is 98.7 Å². The number of nitrogens with two attached hydrogens (primary N) is 1. The first-order valence-electron chi connectivity index (χ1n) is 11.1. The van der Waals surface area contributed by atoms with E-state index in [4.69, 9.17) is 5.73 Å². The van der Waals surface area contributed by atoms with Gasteiger partial charge in [0, 0.05) is 5.71 Å². The molecule has 5 heteroatoms. The predicted octanol–water partition coefficient (Wildman–Crippen LogP) is 4.19. The maximum absolute atomic E-state index is 11.3. The monoisotopic (exact) mass is 375 g/mol. The van der Waals surface area contributed by atoms with Crippen LogP contribution < -0.4 is 11.2 Å². The van der Waals surface area contributed by atoms with E-state index in [1.54, 1.807) is 0 Å². The number of carbonyl (C=O) groups excluding carboxylic acids is 1. The summed E-state index contributed by atoms with van der Waals surface area (Å²) in [6, 6.07) is -0.573. The molecule has 27 heavy (non-hydrogen) atoms. The van der Waals surface area contributed by atoms with Gasteiger partial charge < -0.3 is 10.8 Å². The zero-order chi connectivity index (χ0) is 19.4. The number of rotatable bonds is 2. The molecule has 4 rings (SSSR count). The Bertz CT molecular complexity index is 649. The molecule has 0 heterocycles. The summed E-state index contributed by atoms with van der Waals surface area (Å²) < 4.78 is 0. The van der Waals surface area contributed by atoms with Gasteiger partial charge in [-0.15, -0.1) is 0 Å². The van der Waals surface area contributed by atoms with E-state index in [1.807, 2.05) is 0 Å². The van der Waals surface area contributed by atoms with Crippen molar-refractivity contribution in [2.24, 2.45) is 45.3 Å². The first-order valence-corrected chi connectivity index (χ1v) is 11.1. The second-order valence-electron chi connectivity index (χ2n) is 10.4. The van der Waals surface area contributed by atoms with Crippen molar-refractivity contribution in [1.82, 2.24) is 5.43 Å². The van der Waals surface area contributed by atoms with E-state index in [-0.39, 0.29) is 5.41 Å². The molecule has 0 aliphatic heterocycles. The summed E-state index contributed by atoms with van der Waals surface area (Å²) in [5, 5.41) is 15.6. The summed E-state index contributed by atoms with van der Waals surface area (Å²) in [6.07, 6.45) is 11.2. The number of urea groups is 1. The molecule has 152 valence electrons. The van der Waals surface area contributed by atoms with Crippen LogP contribution in [0.25, 0.3) is 0 Å². The minimum absolute atomic E-state index is 0.110. The van der Waals surface area contributed by atoms with E-state index in [0.29, 0.717) is 17.3 Å². The van der Waals surface area contributed by atoms with E-state index in [0.717, 1.165) is 43.2 Å². The van der Waals surface area contributed by atoms with Gasteiger partial charge in [-0.3, -0.25) is 0 Å². The van der Waals surface area contributed by atoms with Crippen LogP contribution in [0.1, 0.15) is 85.0 Å². The first-order chi connectivity index (χ1) is 12.7. The van der Waals surface area contributed by atoms with Crippen LogP contribution in [0.5, 0.6) is 0 Å². The Balaban J connectivity index is 1.54. The second-order valence-corrected chi connectivity index (χ2v) is 10.4. The lowest BCUT2D eigenvalue weighted by Crippen LogP contribution is -2.56. The highest BCUT2D eigenvalue weighted by Crippen LogP contribution is 2.68. The van der Waals surface area contributed by atoms with Gasteiger partial charge in [0.25, 0.3) is 0 Å². The minimum Gasteiger partial charge on any atom is -0.389 e. The zero-order valence-electron chi connectivity index (χ0n) is 17.3. The van der Waals surface area contributed by atoms with Crippen LogP contribution in [-0.4, -0.2) is 22.5 Å². The molecule has 7 atom stereocenters. The third-order valence-corrected chi connectivity index (χ3v) is 9.73. The Labute approximate surface area is 163 Å². The molecule has 4 N–H and O–H groups in total. The van der Waals surface area contributed by atoms with Gasteiger partial charge in [-0.2, -0.15) is 5.10 Å². The SMILES string of the molecule is CC[C@]1(O)CC[C@H]2[C@H]3CC[C@H]4C/C(=N/NC(N)=O)CC[C@]4(C)[C@H]3CC[C@@]21C. The maximum Gasteiger partial charge on any atom is 0.332 e. The van der Waals surface area contributed by atoms with Gasteiger partial charge in [-0.1, -0.05) is 20.8 Å². The van der Waals surface area contributed by atoms with E-state index < -0.39 is 11.6 Å². The highest BCUT2D eigenvalue weighted by Gasteiger charge is 2.63. The molecule has 0 aromatic carbocycles. The molecule has 0 radical (unpaired) electrons. The lowest BCUT2D eigenvalue weighted by molar-refractivity contribution is -0.147. The molecular formula is C22H37N3O2. The number of carbonyl (C=O) groups is 1. The van der Waals surface area contributed by atoms with Gasteiger partial charge >= 0.3 is 6.03 Å². The molecule has 0 aromatic rings. The number of fused-ring (bicyclic) bond motifs is 5. The van der Waals surface area contributed by atoms with E-state index in [1.165, 1.54) is 38.5 Å². The summed E-state index contributed by atoms with van der Waals surface area (Å²) in [6.45, 7) is 7.08. The van der Waals surface area contributed by atoms with Crippen molar-refractivity contribution in [2.45, 2.75) is 90.6 Å². The van der Waals surface area contributed by atoms with Gasteiger partial charge in [0.15, 0.2) is 0 Å². The van der Waals surface area contributed by atoms with E-state index in [2.05, 4.69) is 31.3 Å². The summed E-state index contributed by atoms with van der Waals surface area (Å²) in [7, 11) is 0. The number of hydrogen-bond acceptors (Lipinski definition) is 3. The van der Waals surface area contributed by atoms with Crippen molar-refractivity contribution in [3.8, 4) is 0 Å². The first kappa shape index (κ1) is 19.2. The Morgan fingerprint density at radius 2 is 1.93 bits per heavy atom. The molecule has 0 bridgehead atoms. The fourth-order valence-corrected chi connectivity index (χ4v) is 7.99. The molecule has 0 aromatic heterocycles. The van der Waals surface area contributed by atoms with Crippen LogP contribution in [0.2, 0.25) is 0 Å². The third-order valence-electron chi connectivity index (χ3n) is 9.73. The van der Waals surface area contributed by atoms with Crippen molar-refractivity contribution in [3.05, 3.63) is 0 Å². The van der Waals surface area contributed by atoms with Crippen LogP contribution in [0, 0.1) is 34.5 Å². The normalized spacial score (nSPS) is 50.6. The van der Waals surface area contributed by atoms with Gasteiger partial charge in [-0.25, -0.2) is 10.2 Å². The van der Waals surface area contributed by atoms with Crippen molar-refractivity contribution in [2.75, 3.05) is 0 Å². The molecule has 4 aliphatic rings. The molecule has 0 saturated heterocycles. The summed E-state index contributed by atoms with van der Waals surface area (Å²) in [5.41, 5.74) is 8.75. The number of hydrogen-bond donors (Lipinski definition) is 3. The maximum atomic E-state index is 11.3. The quantitative estimate of drug-likeness (QED) is 0.632. The highest BCUT2D eigenvalue weighted by molar-refractivity contribution is 5.87. The summed E-state index contributed by atoms with van der Waals surface area (Å²) in [5.74, 6) is 2.90. The third kappa shape index (κ3) is 2.75. The largest absolute Gasteiger partial charge is 0.389 e. The zero-order valence-corrected chi connectivity index (χ0v) is 17.3. The van der Waals surface area contributed by atoms with Gasteiger partial charge in [0.05, 0.1) is 5.60 Å². The van der Waals surface area contributed by atoms with Crippen molar-refractivity contribution >= 4 is 11.7 Å². The predicted molar refractivity (Wildman–Crippen MR) is 107 cm³/mol. The topological polar surface area (TPSA) is 87.7 Å². The molecule has 0 unspecified atom stereocenters. The molecule has 0 spiro atoms. The number of aliphatic hydroxyl groups is 1. The number of amides is 2. The van der Waals surface area contributed by atoms with E-state index in [9.17, 15) is 9.90 Å². The fraction of sp³-hybridized carbons (Fsp3) is 0.909. The Kier molecular flexibility index (Phi) is 4.60. The Morgan fingerprint density at radius 3 is 2.63 bits per heavy atom. The smallest absolute Gasteiger partial charge is 0.332 e. The van der Waals surface area contributed by atoms with Crippen LogP contribution >= 0.6 is 0 Å². The van der Waals surface area contributed by atoms with Crippen LogP contribution in [-0.2, 0) is 0 Å². The van der Waals surface area contributed by atoms with Crippen molar-refractivity contribution < 1.29 is 9.90 Å². The number of nitrogens with zero attached hydrogens (tertiary/aromatic N) is 1. The second kappa shape index (κ2) is 6.47. The van der Waals surface area contributed by atoms with Crippen molar-refractivity contribution in [3.63, 3.8) is 0 Å². The molecule has 5 nitrogen and oxygen atoms in total.